The Morgan fingerprint density at radius 2 is 2.18 bits per heavy atom. The van der Waals surface area contributed by atoms with Crippen molar-refractivity contribution >= 4 is 5.82 Å². The van der Waals surface area contributed by atoms with Crippen molar-refractivity contribution in [3.05, 3.63) is 22.9 Å². The first kappa shape index (κ1) is 11.8. The molecule has 0 atom stereocenters. The van der Waals surface area contributed by atoms with Crippen molar-refractivity contribution in [2.75, 3.05) is 18.5 Å². The van der Waals surface area contributed by atoms with Gasteiger partial charge in [-0.15, -0.1) is 0 Å². The zero-order valence-electron chi connectivity index (χ0n) is 9.48. The van der Waals surface area contributed by atoms with Crippen LogP contribution in [0.2, 0.25) is 0 Å². The predicted molar refractivity (Wildman–Crippen MR) is 62.6 cm³/mol. The highest BCUT2D eigenvalue weighted by Crippen LogP contribution is 2.25. The standard InChI is InChI=1S/C12H15N3O2/c13-5-9-4-8-2-1-3-11(8)15-12(9)14-10(6-16)7-17/h4,10,16-17H,1-3,6-7H2,(H,14,15). The third-order valence-corrected chi connectivity index (χ3v) is 2.95. The van der Waals surface area contributed by atoms with E-state index in [1.807, 2.05) is 6.07 Å². The molecule has 5 heteroatoms. The fourth-order valence-corrected chi connectivity index (χ4v) is 2.01. The van der Waals surface area contributed by atoms with Crippen LogP contribution in [0.1, 0.15) is 23.2 Å². The second-order valence-electron chi connectivity index (χ2n) is 4.16. The van der Waals surface area contributed by atoms with Gasteiger partial charge in [0.25, 0.3) is 0 Å². The summed E-state index contributed by atoms with van der Waals surface area (Å²) >= 11 is 0. The maximum absolute atomic E-state index is 9.05. The topological polar surface area (TPSA) is 89.2 Å². The highest BCUT2D eigenvalue weighted by atomic mass is 16.3. The molecule has 5 nitrogen and oxygen atoms in total. The van der Waals surface area contributed by atoms with Gasteiger partial charge < -0.3 is 15.5 Å². The van der Waals surface area contributed by atoms with Gasteiger partial charge in [0.2, 0.25) is 0 Å². The number of nitrogens with zero attached hydrogens (tertiary/aromatic N) is 2. The van der Waals surface area contributed by atoms with Crippen LogP contribution in [0, 0.1) is 11.3 Å². The number of fused-ring (bicyclic) bond motifs is 1. The number of anilines is 1. The number of aromatic nitrogens is 1. The van der Waals surface area contributed by atoms with Gasteiger partial charge in [-0.25, -0.2) is 4.98 Å². The lowest BCUT2D eigenvalue weighted by Crippen LogP contribution is -2.28. The monoisotopic (exact) mass is 233 g/mol. The zero-order chi connectivity index (χ0) is 12.3. The smallest absolute Gasteiger partial charge is 0.144 e. The summed E-state index contributed by atoms with van der Waals surface area (Å²) in [7, 11) is 0. The van der Waals surface area contributed by atoms with Gasteiger partial charge in [-0.05, 0) is 30.9 Å². The molecule has 1 aromatic rings. The number of nitriles is 1. The van der Waals surface area contributed by atoms with Gasteiger partial charge >= 0.3 is 0 Å². The first-order valence-corrected chi connectivity index (χ1v) is 5.69. The van der Waals surface area contributed by atoms with Crippen molar-refractivity contribution in [3.8, 4) is 6.07 Å². The Morgan fingerprint density at radius 3 is 2.82 bits per heavy atom. The van der Waals surface area contributed by atoms with Crippen LogP contribution >= 0.6 is 0 Å². The molecule has 0 spiro atoms. The van der Waals surface area contributed by atoms with Gasteiger partial charge in [-0.2, -0.15) is 5.26 Å². The third-order valence-electron chi connectivity index (χ3n) is 2.95. The Balaban J connectivity index is 2.30. The van der Waals surface area contributed by atoms with E-state index in [0.29, 0.717) is 11.4 Å². The number of aryl methyl sites for hydroxylation is 2. The van der Waals surface area contributed by atoms with Gasteiger partial charge in [0, 0.05) is 5.69 Å². The lowest BCUT2D eigenvalue weighted by atomic mass is 10.1. The second-order valence-corrected chi connectivity index (χ2v) is 4.16. The Labute approximate surface area is 99.7 Å². The van der Waals surface area contributed by atoms with E-state index in [0.717, 1.165) is 30.5 Å². The van der Waals surface area contributed by atoms with Crippen molar-refractivity contribution in [1.82, 2.24) is 4.98 Å². The molecule has 2 rings (SSSR count). The van der Waals surface area contributed by atoms with E-state index in [1.54, 1.807) is 0 Å². The number of aliphatic hydroxyl groups excluding tert-OH is 2. The Bertz CT molecular complexity index is 450. The number of hydrogen-bond acceptors (Lipinski definition) is 5. The zero-order valence-corrected chi connectivity index (χ0v) is 9.48. The van der Waals surface area contributed by atoms with Gasteiger partial charge in [0.1, 0.15) is 11.9 Å². The molecule has 1 heterocycles. The first-order chi connectivity index (χ1) is 8.28. The number of pyridine rings is 1. The molecule has 0 aromatic carbocycles. The lowest BCUT2D eigenvalue weighted by Gasteiger charge is -2.15. The van der Waals surface area contributed by atoms with Crippen molar-refractivity contribution in [2.24, 2.45) is 0 Å². The molecule has 3 N–H and O–H groups in total. The summed E-state index contributed by atoms with van der Waals surface area (Å²) in [4.78, 5) is 4.40. The molecule has 1 aliphatic rings. The normalized spacial score (nSPS) is 13.5. The Kier molecular flexibility index (Phi) is 3.57. The highest BCUT2D eigenvalue weighted by Gasteiger charge is 2.17. The summed E-state index contributed by atoms with van der Waals surface area (Å²) in [6, 6.07) is 3.46. The number of aliphatic hydroxyl groups is 2. The molecule has 0 aliphatic heterocycles. The largest absolute Gasteiger partial charge is 0.394 e. The minimum Gasteiger partial charge on any atom is -0.394 e. The van der Waals surface area contributed by atoms with E-state index in [4.69, 9.17) is 15.5 Å². The summed E-state index contributed by atoms with van der Waals surface area (Å²) in [5, 5.41) is 30.0. The van der Waals surface area contributed by atoms with Crippen LogP contribution in [0.5, 0.6) is 0 Å². The minimum atomic E-state index is -0.478. The summed E-state index contributed by atoms with van der Waals surface area (Å²) in [5.74, 6) is 0.459. The van der Waals surface area contributed by atoms with E-state index in [9.17, 15) is 0 Å². The van der Waals surface area contributed by atoms with Crippen molar-refractivity contribution in [3.63, 3.8) is 0 Å². The average molecular weight is 233 g/mol. The Morgan fingerprint density at radius 1 is 1.41 bits per heavy atom. The van der Waals surface area contributed by atoms with Gasteiger partial charge in [-0.1, -0.05) is 0 Å². The molecule has 0 saturated carbocycles. The molecular weight excluding hydrogens is 218 g/mol. The molecule has 0 fully saturated rings. The first-order valence-electron chi connectivity index (χ1n) is 5.69. The summed E-state index contributed by atoms with van der Waals surface area (Å²) in [6.45, 7) is -0.389. The van der Waals surface area contributed by atoms with Crippen molar-refractivity contribution < 1.29 is 10.2 Å². The van der Waals surface area contributed by atoms with Crippen molar-refractivity contribution in [1.29, 1.82) is 5.26 Å². The highest BCUT2D eigenvalue weighted by molar-refractivity contribution is 5.55. The van der Waals surface area contributed by atoms with Crippen LogP contribution in [0.3, 0.4) is 0 Å². The molecule has 0 saturated heterocycles. The minimum absolute atomic E-state index is 0.194. The predicted octanol–water partition coefficient (Wildman–Crippen LogP) is 0.207. The molecule has 90 valence electrons. The SMILES string of the molecule is N#Cc1cc2c(nc1NC(CO)CO)CCC2. The summed E-state index contributed by atoms with van der Waals surface area (Å²) < 4.78 is 0. The fourth-order valence-electron chi connectivity index (χ4n) is 2.01. The Hall–Kier alpha value is -1.64. The molecule has 1 aromatic heterocycles. The van der Waals surface area contributed by atoms with Gasteiger partial charge in [0.15, 0.2) is 0 Å². The average Bonchev–Trinajstić information content (AvgIpc) is 2.81. The van der Waals surface area contributed by atoms with Gasteiger partial charge in [0.05, 0.1) is 24.8 Å². The van der Waals surface area contributed by atoms with Gasteiger partial charge in [-0.3, -0.25) is 0 Å². The number of hydrogen-bond donors (Lipinski definition) is 3. The summed E-state index contributed by atoms with van der Waals surface area (Å²) in [6.07, 6.45) is 2.97. The van der Waals surface area contributed by atoms with Crippen LogP contribution in [-0.4, -0.2) is 34.5 Å². The van der Waals surface area contributed by atoms with E-state index in [2.05, 4.69) is 16.4 Å². The van der Waals surface area contributed by atoms with E-state index < -0.39 is 6.04 Å². The van der Waals surface area contributed by atoms with Crippen LogP contribution in [0.25, 0.3) is 0 Å². The molecule has 17 heavy (non-hydrogen) atoms. The maximum atomic E-state index is 9.05. The van der Waals surface area contributed by atoms with Crippen molar-refractivity contribution in [2.45, 2.75) is 25.3 Å². The lowest BCUT2D eigenvalue weighted by molar-refractivity contribution is 0.203. The third kappa shape index (κ3) is 2.38. The van der Waals surface area contributed by atoms with E-state index >= 15 is 0 Å². The molecule has 0 bridgehead atoms. The second kappa shape index (κ2) is 5.13. The molecule has 0 unspecified atom stereocenters. The number of nitrogens with one attached hydrogen (secondary N) is 1. The number of rotatable bonds is 4. The summed E-state index contributed by atoms with van der Waals surface area (Å²) in [5.41, 5.74) is 2.62. The molecule has 0 amide bonds. The van der Waals surface area contributed by atoms with Crippen LogP contribution < -0.4 is 5.32 Å². The molecule has 1 aliphatic carbocycles. The van der Waals surface area contributed by atoms with E-state index in [1.165, 1.54) is 0 Å². The molecule has 0 radical (unpaired) electrons. The van der Waals surface area contributed by atoms with Crippen LogP contribution in [0.4, 0.5) is 5.82 Å². The fraction of sp³-hybridized carbons (Fsp3) is 0.500. The van der Waals surface area contributed by atoms with E-state index in [-0.39, 0.29) is 13.2 Å². The van der Waals surface area contributed by atoms with Crippen LogP contribution in [0.15, 0.2) is 6.07 Å². The maximum Gasteiger partial charge on any atom is 0.144 e. The van der Waals surface area contributed by atoms with Crippen LogP contribution in [-0.2, 0) is 12.8 Å². The molecular formula is C12H15N3O2. The quantitative estimate of drug-likeness (QED) is 0.691.